The molecule has 0 spiro atoms. The maximum absolute atomic E-state index is 15.2. The molecule has 0 radical (unpaired) electrons. The van der Waals surface area contributed by atoms with Gasteiger partial charge in [-0.1, -0.05) is 91.0 Å². The highest BCUT2D eigenvalue weighted by Crippen LogP contribution is 2.45. The van der Waals surface area contributed by atoms with Crippen molar-refractivity contribution in [2.45, 2.75) is 72.1 Å². The Bertz CT molecular complexity index is 3090. The van der Waals surface area contributed by atoms with E-state index in [0.29, 0.717) is 53.4 Å². The zero-order chi connectivity index (χ0) is 50.2. The van der Waals surface area contributed by atoms with Crippen LogP contribution in [0.3, 0.4) is 0 Å². The number of halogens is 5. The zero-order valence-corrected chi connectivity index (χ0v) is 39.9. The highest BCUT2D eigenvalue weighted by atomic mass is 32.2. The molecule has 17 heteroatoms. The Morgan fingerprint density at radius 2 is 1.24 bits per heavy atom. The first-order valence-electron chi connectivity index (χ1n) is 24.1. The summed E-state index contributed by atoms with van der Waals surface area (Å²) in [6.45, 7) is 3.48. The van der Waals surface area contributed by atoms with Gasteiger partial charge in [-0.3, -0.25) is 9.59 Å². The highest BCUT2D eigenvalue weighted by Gasteiger charge is 2.47. The van der Waals surface area contributed by atoms with Crippen molar-refractivity contribution >= 4 is 49.7 Å². The molecule has 3 fully saturated rings. The van der Waals surface area contributed by atoms with Crippen molar-refractivity contribution in [1.82, 2.24) is 14.7 Å². The number of anilines is 3. The summed E-state index contributed by atoms with van der Waals surface area (Å²) in [6, 6.07) is 38.2. The number of nitrogens with one attached hydrogen (secondary N) is 1. The monoisotopic (exact) mass is 1000 g/mol. The molecule has 0 atom stereocenters. The number of aromatic nitrogens is 2. The molecule has 6 aromatic carbocycles. The number of piperidine rings is 1. The van der Waals surface area contributed by atoms with Crippen LogP contribution in [-0.2, 0) is 24.9 Å². The molecule has 0 saturated carbocycles. The molecular formula is C55H51F5N6O5S. The number of hydrogen-bond donors (Lipinski definition) is 1. The number of benzene rings is 6. The summed E-state index contributed by atoms with van der Waals surface area (Å²) in [4.78, 5) is 33.2. The smallest absolute Gasteiger partial charge is 0.381 e. The third-order valence-electron chi connectivity index (χ3n) is 14.2. The Labute approximate surface area is 413 Å². The molecule has 0 bridgehead atoms. The van der Waals surface area contributed by atoms with Crippen LogP contribution in [0.15, 0.2) is 155 Å². The van der Waals surface area contributed by atoms with Crippen LogP contribution in [0.4, 0.5) is 39.1 Å². The number of rotatable bonds is 12. The van der Waals surface area contributed by atoms with Crippen LogP contribution in [0.2, 0.25) is 0 Å². The summed E-state index contributed by atoms with van der Waals surface area (Å²) < 4.78 is 109. The van der Waals surface area contributed by atoms with E-state index in [2.05, 4.69) is 15.1 Å². The van der Waals surface area contributed by atoms with E-state index in [1.807, 2.05) is 91.0 Å². The molecule has 3 aliphatic heterocycles. The van der Waals surface area contributed by atoms with Gasteiger partial charge >= 0.3 is 12.1 Å². The maximum atomic E-state index is 15.2. The Morgan fingerprint density at radius 1 is 0.667 bits per heavy atom. The number of alkyl halides is 3. The van der Waals surface area contributed by atoms with Crippen LogP contribution in [0.25, 0.3) is 10.9 Å². The van der Waals surface area contributed by atoms with Crippen LogP contribution < -0.4 is 15.1 Å². The Kier molecular flexibility index (Phi) is 13.5. The normalized spacial score (nSPS) is 16.5. The van der Waals surface area contributed by atoms with E-state index in [-0.39, 0.29) is 53.4 Å². The van der Waals surface area contributed by atoms with Gasteiger partial charge in [-0.05, 0) is 117 Å². The summed E-state index contributed by atoms with van der Waals surface area (Å²) in [5, 5.41) is 8.05. The number of hydrogen-bond acceptors (Lipinski definition) is 8. The fourth-order valence-electron chi connectivity index (χ4n) is 10.8. The first-order valence-corrected chi connectivity index (χ1v) is 25.6. The molecule has 72 heavy (non-hydrogen) atoms. The summed E-state index contributed by atoms with van der Waals surface area (Å²) in [5.74, 6) is -5.48. The number of fused-ring (bicyclic) bond motifs is 1. The van der Waals surface area contributed by atoms with E-state index >= 15 is 4.79 Å². The highest BCUT2D eigenvalue weighted by molar-refractivity contribution is 7.91. The summed E-state index contributed by atoms with van der Waals surface area (Å²) in [6.07, 6.45) is -1.20. The topological polar surface area (TPSA) is 117 Å². The summed E-state index contributed by atoms with van der Waals surface area (Å²) in [7, 11) is -4.63. The Hall–Kier alpha value is -6.95. The maximum Gasteiger partial charge on any atom is 0.471 e. The number of carbonyl (C=O) groups excluding carboxylic acids is 2. The van der Waals surface area contributed by atoms with Crippen molar-refractivity contribution in [3.8, 4) is 0 Å². The molecule has 1 aromatic heterocycles. The molecule has 0 unspecified atom stereocenters. The predicted octanol–water partition coefficient (Wildman–Crippen LogP) is 10.4. The van der Waals surface area contributed by atoms with Gasteiger partial charge < -0.3 is 24.8 Å². The van der Waals surface area contributed by atoms with Gasteiger partial charge in [-0.25, -0.2) is 21.9 Å². The Balaban J connectivity index is 1.16. The fourth-order valence-corrected chi connectivity index (χ4v) is 12.1. The molecule has 1 N–H and O–H groups in total. The van der Waals surface area contributed by atoms with Crippen LogP contribution in [0, 0.1) is 11.6 Å². The second-order valence-corrected chi connectivity index (χ2v) is 20.4. The standard InChI is InChI=1S/C55H51F5N6O5S/c56-40-32-41(57)34-46(33-40)72(69,70)45-19-21-49-48(36-45)51(62-66(49)54(37-12-4-1-5-13-37,38-14-6-2-7-15-38)39-16-8-3-9-17-39)61-52(67)47-20-18-44(64-28-22-42(23-29-64)63-26-10-11-27-63)35-50(47)65(53(68)55(58,59)60)43-24-30-71-31-25-43/h1-9,12-21,32-36,42-43H,10-11,22-31H2,(H,61,62,67). The molecule has 2 amide bonds. The van der Waals surface area contributed by atoms with E-state index < -0.39 is 55.9 Å². The lowest BCUT2D eigenvalue weighted by molar-refractivity contribution is -0.171. The quantitative estimate of drug-likeness (QED) is 0.0950. The number of carbonyl (C=O) groups is 2. The fraction of sp³-hybridized carbons (Fsp3) is 0.291. The van der Waals surface area contributed by atoms with E-state index in [9.17, 15) is 35.2 Å². The van der Waals surface area contributed by atoms with Crippen LogP contribution in [0.5, 0.6) is 0 Å². The number of sulfone groups is 1. The predicted molar refractivity (Wildman–Crippen MR) is 264 cm³/mol. The van der Waals surface area contributed by atoms with Crippen molar-refractivity contribution in [1.29, 1.82) is 0 Å². The van der Waals surface area contributed by atoms with E-state index in [0.717, 1.165) is 55.5 Å². The summed E-state index contributed by atoms with van der Waals surface area (Å²) in [5.41, 5.74) is 1.15. The number of amides is 2. The van der Waals surface area contributed by atoms with E-state index in [1.54, 1.807) is 10.7 Å². The molecule has 7 aromatic rings. The van der Waals surface area contributed by atoms with Crippen LogP contribution in [0.1, 0.15) is 65.6 Å². The minimum absolute atomic E-state index is 0.0696. The molecule has 372 valence electrons. The minimum atomic E-state index is -5.31. The molecule has 3 saturated heterocycles. The van der Waals surface area contributed by atoms with E-state index in [1.165, 1.54) is 30.3 Å². The molecule has 11 nitrogen and oxygen atoms in total. The van der Waals surface area contributed by atoms with Gasteiger partial charge in [0.15, 0.2) is 5.82 Å². The van der Waals surface area contributed by atoms with Gasteiger partial charge in [-0.15, -0.1) is 0 Å². The number of likely N-dealkylation sites (tertiary alicyclic amines) is 1. The number of nitrogens with zero attached hydrogens (tertiary/aromatic N) is 5. The van der Waals surface area contributed by atoms with Crippen molar-refractivity contribution in [2.75, 3.05) is 54.5 Å². The van der Waals surface area contributed by atoms with Gasteiger partial charge in [0.1, 0.15) is 17.2 Å². The minimum Gasteiger partial charge on any atom is -0.381 e. The lowest BCUT2D eigenvalue weighted by Gasteiger charge is -2.39. The molecule has 10 rings (SSSR count). The van der Waals surface area contributed by atoms with Gasteiger partial charge in [-0.2, -0.15) is 18.3 Å². The third-order valence-corrected chi connectivity index (χ3v) is 16.0. The molecular weight excluding hydrogens is 952 g/mol. The average Bonchev–Trinajstić information content (AvgIpc) is 4.07. The first-order chi connectivity index (χ1) is 34.7. The van der Waals surface area contributed by atoms with Crippen molar-refractivity contribution in [3.63, 3.8) is 0 Å². The lowest BCUT2D eigenvalue weighted by atomic mass is 9.77. The second kappa shape index (κ2) is 19.9. The van der Waals surface area contributed by atoms with Gasteiger partial charge in [0.05, 0.1) is 26.6 Å². The van der Waals surface area contributed by atoms with Crippen molar-refractivity contribution in [2.24, 2.45) is 0 Å². The zero-order valence-electron chi connectivity index (χ0n) is 39.1. The average molecular weight is 1000 g/mol. The largest absolute Gasteiger partial charge is 0.471 e. The summed E-state index contributed by atoms with van der Waals surface area (Å²) >= 11 is 0. The van der Waals surface area contributed by atoms with Crippen LogP contribution in [-0.4, -0.2) is 92.6 Å². The van der Waals surface area contributed by atoms with Crippen LogP contribution >= 0.6 is 0 Å². The third kappa shape index (κ3) is 9.24. The van der Waals surface area contributed by atoms with Gasteiger partial charge in [0, 0.05) is 55.5 Å². The van der Waals surface area contributed by atoms with Crippen molar-refractivity contribution < 1.29 is 44.7 Å². The molecule has 4 heterocycles. The second-order valence-electron chi connectivity index (χ2n) is 18.5. The first kappa shape index (κ1) is 48.7. The van der Waals surface area contributed by atoms with Gasteiger partial charge in [0.25, 0.3) is 5.91 Å². The Morgan fingerprint density at radius 3 is 1.79 bits per heavy atom. The van der Waals surface area contributed by atoms with E-state index in [4.69, 9.17) is 9.84 Å². The van der Waals surface area contributed by atoms with Gasteiger partial charge in [0.2, 0.25) is 9.84 Å². The molecule has 0 aliphatic carbocycles. The number of ether oxygens (including phenoxy) is 1. The lowest BCUT2D eigenvalue weighted by Crippen LogP contribution is -2.50. The SMILES string of the molecule is O=C(Nc1nn(C(c2ccccc2)(c2ccccc2)c2ccccc2)c2ccc(S(=O)(=O)c3cc(F)cc(F)c3)cc12)c1ccc(N2CCC(N3CCCC3)CC2)cc1N(C(=O)C(F)(F)F)C1CCOCC1. The molecule has 3 aliphatic rings. The van der Waals surface area contributed by atoms with Crippen molar-refractivity contribution in [3.05, 3.63) is 179 Å².